The molecule has 4 N–H and O–H groups in total. The van der Waals surface area contributed by atoms with Crippen molar-refractivity contribution in [1.29, 1.82) is 0 Å². The number of carboxylic acids is 1. The molecule has 0 spiro atoms. The van der Waals surface area contributed by atoms with Crippen molar-refractivity contribution >= 4 is 46.9 Å². The van der Waals surface area contributed by atoms with E-state index in [9.17, 15) is 33.1 Å². The molecule has 13 heteroatoms. The summed E-state index contributed by atoms with van der Waals surface area (Å²) >= 11 is 5.90. The fraction of sp³-hybridized carbons (Fsp3) is 0.185. The number of hydrogen-bond donors (Lipinski definition) is 4. The molecule has 2 unspecified atom stereocenters. The third-order valence-corrected chi connectivity index (χ3v) is 6.32. The van der Waals surface area contributed by atoms with Crippen LogP contribution in [0.1, 0.15) is 18.0 Å². The van der Waals surface area contributed by atoms with Crippen LogP contribution in [0.25, 0.3) is 0 Å². The summed E-state index contributed by atoms with van der Waals surface area (Å²) in [4.78, 5) is 53.7. The van der Waals surface area contributed by atoms with Crippen LogP contribution in [0.5, 0.6) is 0 Å². The molecule has 0 bridgehead atoms. The zero-order valence-electron chi connectivity index (χ0n) is 20.8. The molecule has 3 aromatic rings. The van der Waals surface area contributed by atoms with Crippen LogP contribution in [-0.4, -0.2) is 58.1 Å². The Morgan fingerprint density at radius 2 is 1.45 bits per heavy atom. The molecule has 5 amide bonds. The number of carbonyl (C=O) groups is 4. The van der Waals surface area contributed by atoms with Gasteiger partial charge in [0.25, 0.3) is 5.91 Å². The third-order valence-electron chi connectivity index (χ3n) is 6.07. The zero-order valence-corrected chi connectivity index (χ0v) is 21.6. The molecule has 0 aromatic heterocycles. The molecule has 1 fully saturated rings. The highest BCUT2D eigenvalue weighted by atomic mass is 35.5. The van der Waals surface area contributed by atoms with Gasteiger partial charge in [0.15, 0.2) is 6.17 Å². The second-order valence-electron chi connectivity index (χ2n) is 8.85. The Morgan fingerprint density at radius 1 is 0.850 bits per heavy atom. The van der Waals surface area contributed by atoms with Crippen molar-refractivity contribution in [3.8, 4) is 0 Å². The molecule has 0 saturated carbocycles. The molecule has 4 rings (SSSR count). The van der Waals surface area contributed by atoms with Crippen LogP contribution in [-0.2, 0) is 9.59 Å². The highest BCUT2D eigenvalue weighted by molar-refractivity contribution is 6.30. The number of urea groups is 2. The Labute approximate surface area is 232 Å². The number of anilines is 2. The number of amides is 5. The lowest BCUT2D eigenvalue weighted by Gasteiger charge is -2.31. The van der Waals surface area contributed by atoms with Gasteiger partial charge in [-0.3, -0.25) is 19.4 Å². The predicted octanol–water partition coefficient (Wildman–Crippen LogP) is 4.66. The SMILES string of the molecule is O=C(O)CC(NC(=O)C1N(C(=O)Nc2ccc(Cl)cc2)CCN1C(=O)Nc1cccc(F)c1)c1ccc(F)cc1. The minimum Gasteiger partial charge on any atom is -0.481 e. The van der Waals surface area contributed by atoms with Crippen molar-refractivity contribution in [3.05, 3.63) is 95.0 Å². The van der Waals surface area contributed by atoms with E-state index in [0.717, 1.165) is 28.0 Å². The zero-order chi connectivity index (χ0) is 28.8. The van der Waals surface area contributed by atoms with E-state index in [-0.39, 0.29) is 18.8 Å². The Bertz CT molecular complexity index is 1410. The number of halogens is 3. The lowest BCUT2D eigenvalue weighted by atomic mass is 10.0. The summed E-state index contributed by atoms with van der Waals surface area (Å²) in [5.41, 5.74) is 0.817. The molecule has 40 heavy (non-hydrogen) atoms. The second kappa shape index (κ2) is 12.4. The summed E-state index contributed by atoms with van der Waals surface area (Å²) in [5.74, 6) is -3.23. The van der Waals surface area contributed by atoms with Gasteiger partial charge in [0.2, 0.25) is 0 Å². The number of aliphatic carboxylic acids is 1. The second-order valence-corrected chi connectivity index (χ2v) is 9.29. The summed E-state index contributed by atoms with van der Waals surface area (Å²) < 4.78 is 27.1. The fourth-order valence-corrected chi connectivity index (χ4v) is 4.32. The molecule has 1 aliphatic rings. The number of hydrogen-bond acceptors (Lipinski definition) is 4. The maximum atomic E-state index is 13.7. The first-order valence-corrected chi connectivity index (χ1v) is 12.4. The average Bonchev–Trinajstić information content (AvgIpc) is 3.36. The van der Waals surface area contributed by atoms with E-state index in [1.165, 1.54) is 30.3 Å². The summed E-state index contributed by atoms with van der Waals surface area (Å²) in [6.07, 6.45) is -2.05. The van der Waals surface area contributed by atoms with Gasteiger partial charge in [-0.15, -0.1) is 0 Å². The van der Waals surface area contributed by atoms with Crippen molar-refractivity contribution < 1.29 is 33.1 Å². The Morgan fingerprint density at radius 3 is 2.02 bits per heavy atom. The quantitative estimate of drug-likeness (QED) is 0.328. The first-order valence-electron chi connectivity index (χ1n) is 12.0. The molecule has 0 radical (unpaired) electrons. The Hall–Kier alpha value is -4.71. The van der Waals surface area contributed by atoms with E-state index in [4.69, 9.17) is 11.6 Å². The average molecular weight is 572 g/mol. The number of nitrogens with zero attached hydrogens (tertiary/aromatic N) is 2. The van der Waals surface area contributed by atoms with Gasteiger partial charge >= 0.3 is 18.0 Å². The van der Waals surface area contributed by atoms with Gasteiger partial charge in [-0.1, -0.05) is 29.8 Å². The lowest BCUT2D eigenvalue weighted by Crippen LogP contribution is -2.56. The molecule has 1 heterocycles. The highest BCUT2D eigenvalue weighted by Crippen LogP contribution is 2.23. The van der Waals surface area contributed by atoms with Crippen LogP contribution < -0.4 is 16.0 Å². The van der Waals surface area contributed by atoms with E-state index >= 15 is 0 Å². The number of nitrogens with one attached hydrogen (secondary N) is 3. The summed E-state index contributed by atoms with van der Waals surface area (Å²) in [6.45, 7) is -0.109. The van der Waals surface area contributed by atoms with E-state index in [0.29, 0.717) is 16.3 Å². The number of carbonyl (C=O) groups excluding carboxylic acids is 3. The van der Waals surface area contributed by atoms with E-state index in [2.05, 4.69) is 16.0 Å². The Kier molecular flexibility index (Phi) is 8.80. The van der Waals surface area contributed by atoms with Gasteiger partial charge in [-0.2, -0.15) is 0 Å². The van der Waals surface area contributed by atoms with Crippen molar-refractivity contribution in [3.63, 3.8) is 0 Å². The largest absolute Gasteiger partial charge is 0.481 e. The first kappa shape index (κ1) is 28.3. The van der Waals surface area contributed by atoms with Crippen LogP contribution in [0.4, 0.5) is 29.7 Å². The molecule has 1 saturated heterocycles. The lowest BCUT2D eigenvalue weighted by molar-refractivity contribution is -0.138. The van der Waals surface area contributed by atoms with Gasteiger partial charge in [-0.05, 0) is 60.2 Å². The van der Waals surface area contributed by atoms with Gasteiger partial charge in [0.1, 0.15) is 11.6 Å². The summed E-state index contributed by atoms with van der Waals surface area (Å²) in [5, 5.41) is 17.6. The molecule has 208 valence electrons. The molecule has 0 aliphatic carbocycles. The van der Waals surface area contributed by atoms with Crippen LogP contribution in [0.15, 0.2) is 72.8 Å². The minimum atomic E-state index is -1.50. The normalized spacial score (nSPS) is 15.3. The minimum absolute atomic E-state index is 0.0474. The highest BCUT2D eigenvalue weighted by Gasteiger charge is 2.43. The van der Waals surface area contributed by atoms with E-state index in [1.807, 2.05) is 0 Å². The van der Waals surface area contributed by atoms with Crippen LogP contribution in [0.3, 0.4) is 0 Å². The standard InChI is InChI=1S/C27H24ClF2N5O5/c28-17-6-10-20(11-7-17)31-26(39)34-12-13-35(27(40)32-21-3-1-2-19(30)14-21)25(34)24(38)33-22(15-23(36)37)16-4-8-18(29)9-5-16/h1-11,14,22,25H,12-13,15H2,(H,31,39)(H,32,40)(H,33,38)(H,36,37). The predicted molar refractivity (Wildman–Crippen MR) is 143 cm³/mol. The van der Waals surface area contributed by atoms with Crippen molar-refractivity contribution in [2.24, 2.45) is 0 Å². The monoisotopic (exact) mass is 571 g/mol. The van der Waals surface area contributed by atoms with Crippen molar-refractivity contribution in [1.82, 2.24) is 15.1 Å². The number of rotatable bonds is 7. The molecule has 1 aliphatic heterocycles. The topological polar surface area (TPSA) is 131 Å². The van der Waals surface area contributed by atoms with E-state index in [1.54, 1.807) is 24.3 Å². The molecule has 2 atom stereocenters. The number of benzene rings is 3. The van der Waals surface area contributed by atoms with E-state index < -0.39 is 54.2 Å². The van der Waals surface area contributed by atoms with Gasteiger partial charge in [-0.25, -0.2) is 18.4 Å². The van der Waals surface area contributed by atoms with Gasteiger partial charge in [0.05, 0.1) is 12.5 Å². The molecular weight excluding hydrogens is 548 g/mol. The maximum absolute atomic E-state index is 13.7. The summed E-state index contributed by atoms with van der Waals surface area (Å²) in [6, 6.07) is 13.7. The molecule has 3 aromatic carbocycles. The molecule has 10 nitrogen and oxygen atoms in total. The van der Waals surface area contributed by atoms with Crippen LogP contribution >= 0.6 is 11.6 Å². The Balaban J connectivity index is 1.60. The smallest absolute Gasteiger partial charge is 0.323 e. The van der Waals surface area contributed by atoms with Crippen molar-refractivity contribution in [2.45, 2.75) is 18.6 Å². The first-order chi connectivity index (χ1) is 19.1. The van der Waals surface area contributed by atoms with Gasteiger partial charge < -0.3 is 21.1 Å². The van der Waals surface area contributed by atoms with Gasteiger partial charge in [0, 0.05) is 29.5 Å². The summed E-state index contributed by atoms with van der Waals surface area (Å²) in [7, 11) is 0. The number of carboxylic acid groups (broad SMARTS) is 1. The fourth-order valence-electron chi connectivity index (χ4n) is 4.19. The van der Waals surface area contributed by atoms with Crippen molar-refractivity contribution in [2.75, 3.05) is 23.7 Å². The van der Waals surface area contributed by atoms with Crippen LogP contribution in [0, 0.1) is 11.6 Å². The maximum Gasteiger partial charge on any atom is 0.323 e. The van der Waals surface area contributed by atoms with Crippen LogP contribution in [0.2, 0.25) is 5.02 Å². The molecular formula is C27H24ClF2N5O5. The third kappa shape index (κ3) is 7.03.